The number of thiazole rings is 1. The third-order valence-corrected chi connectivity index (χ3v) is 5.56. The van der Waals surface area contributed by atoms with Crippen molar-refractivity contribution in [2.45, 2.75) is 6.54 Å². The van der Waals surface area contributed by atoms with Crippen LogP contribution in [-0.2, 0) is 6.54 Å². The van der Waals surface area contributed by atoms with Gasteiger partial charge in [0.05, 0.1) is 18.8 Å². The van der Waals surface area contributed by atoms with Crippen LogP contribution >= 0.6 is 34.7 Å². The number of nitrogens with zero attached hydrogens (tertiary/aromatic N) is 3. The number of aromatic nitrogens is 1. The topological polar surface area (TPSA) is 40.5 Å². The average Bonchev–Trinajstić information content (AvgIpc) is 3.22. The van der Waals surface area contributed by atoms with Gasteiger partial charge in [0.25, 0.3) is 0 Å². The molecule has 0 amide bonds. The van der Waals surface area contributed by atoms with Crippen LogP contribution in [0.15, 0.2) is 40.9 Å². The maximum atomic E-state index is 5.84. The molecule has 2 aliphatic heterocycles. The van der Waals surface area contributed by atoms with Crippen LogP contribution in [0, 0.1) is 0 Å². The molecular formula is C15H13ClN4S2. The Balaban J connectivity index is 1.43. The molecule has 4 nitrogen and oxygen atoms in total. The van der Waals surface area contributed by atoms with Gasteiger partial charge >= 0.3 is 0 Å². The summed E-state index contributed by atoms with van der Waals surface area (Å²) < 4.78 is 0.584. The van der Waals surface area contributed by atoms with Gasteiger partial charge in [0.15, 0.2) is 9.63 Å². The molecule has 0 aliphatic carbocycles. The Morgan fingerprint density at radius 2 is 2.14 bits per heavy atom. The summed E-state index contributed by atoms with van der Waals surface area (Å²) in [4.78, 5) is 11.9. The van der Waals surface area contributed by atoms with Gasteiger partial charge in [0, 0.05) is 28.7 Å². The molecule has 1 N–H and O–H groups in total. The zero-order valence-corrected chi connectivity index (χ0v) is 14.0. The summed E-state index contributed by atoms with van der Waals surface area (Å²) in [5.74, 6) is 0. The number of hydrogen-bond acceptors (Lipinski definition) is 6. The summed E-state index contributed by atoms with van der Waals surface area (Å²) >= 11 is 9.05. The molecule has 0 bridgehead atoms. The SMILES string of the molecule is Clc1ncc(CNc2ccc(C3=CSC4=NCCN34)cc2)s1. The van der Waals surface area contributed by atoms with E-state index in [0.717, 1.165) is 35.4 Å². The van der Waals surface area contributed by atoms with Crippen LogP contribution in [0.25, 0.3) is 5.70 Å². The van der Waals surface area contributed by atoms with Crippen molar-refractivity contribution in [2.24, 2.45) is 4.99 Å². The Morgan fingerprint density at radius 3 is 2.91 bits per heavy atom. The average molecular weight is 349 g/mol. The molecule has 3 heterocycles. The fourth-order valence-electron chi connectivity index (χ4n) is 2.46. The molecule has 0 saturated carbocycles. The highest BCUT2D eigenvalue weighted by molar-refractivity contribution is 8.16. The number of anilines is 1. The maximum Gasteiger partial charge on any atom is 0.183 e. The van der Waals surface area contributed by atoms with Crippen LogP contribution in [-0.4, -0.2) is 28.1 Å². The van der Waals surface area contributed by atoms with E-state index in [9.17, 15) is 0 Å². The van der Waals surface area contributed by atoms with E-state index >= 15 is 0 Å². The van der Waals surface area contributed by atoms with Crippen molar-refractivity contribution in [1.82, 2.24) is 9.88 Å². The van der Waals surface area contributed by atoms with Gasteiger partial charge in [-0.2, -0.15) is 0 Å². The second-order valence-electron chi connectivity index (χ2n) is 4.95. The minimum Gasteiger partial charge on any atom is -0.380 e. The third-order valence-electron chi connectivity index (χ3n) is 3.54. The molecule has 1 aromatic carbocycles. The Hall–Kier alpha value is -1.50. The second-order valence-corrected chi connectivity index (χ2v) is 7.48. The molecule has 1 aromatic heterocycles. The predicted octanol–water partition coefficient (Wildman–Crippen LogP) is 4.13. The maximum absolute atomic E-state index is 5.84. The molecule has 0 fully saturated rings. The number of thioether (sulfide) groups is 1. The highest BCUT2D eigenvalue weighted by atomic mass is 35.5. The summed E-state index contributed by atoms with van der Waals surface area (Å²) in [6.07, 6.45) is 1.81. The van der Waals surface area contributed by atoms with E-state index < -0.39 is 0 Å². The van der Waals surface area contributed by atoms with Gasteiger partial charge in [-0.15, -0.1) is 11.3 Å². The van der Waals surface area contributed by atoms with E-state index in [0.29, 0.717) is 4.47 Å². The first-order valence-corrected chi connectivity index (χ1v) is 9.00. The summed E-state index contributed by atoms with van der Waals surface area (Å²) in [6, 6.07) is 8.51. The normalized spacial score (nSPS) is 16.5. The number of fused-ring (bicyclic) bond motifs is 1. The van der Waals surface area contributed by atoms with Gasteiger partial charge in [0.1, 0.15) is 0 Å². The number of benzene rings is 1. The van der Waals surface area contributed by atoms with Gasteiger partial charge in [0.2, 0.25) is 0 Å². The van der Waals surface area contributed by atoms with Gasteiger partial charge in [-0.1, -0.05) is 35.5 Å². The van der Waals surface area contributed by atoms with E-state index in [4.69, 9.17) is 11.6 Å². The number of nitrogens with one attached hydrogen (secondary N) is 1. The summed E-state index contributed by atoms with van der Waals surface area (Å²) in [5.41, 5.74) is 3.57. The zero-order valence-electron chi connectivity index (χ0n) is 11.6. The van der Waals surface area contributed by atoms with Crippen molar-refractivity contribution in [1.29, 1.82) is 0 Å². The molecular weight excluding hydrogens is 336 g/mol. The lowest BCUT2D eigenvalue weighted by atomic mass is 10.1. The predicted molar refractivity (Wildman–Crippen MR) is 95.5 cm³/mol. The molecule has 112 valence electrons. The van der Waals surface area contributed by atoms with Crippen molar-refractivity contribution < 1.29 is 0 Å². The summed E-state index contributed by atoms with van der Waals surface area (Å²) in [6.45, 7) is 2.63. The Morgan fingerprint density at radius 1 is 1.27 bits per heavy atom. The van der Waals surface area contributed by atoms with E-state index in [1.165, 1.54) is 22.6 Å². The number of amidine groups is 1. The van der Waals surface area contributed by atoms with Crippen molar-refractivity contribution in [3.05, 3.63) is 50.8 Å². The summed E-state index contributed by atoms with van der Waals surface area (Å²) in [7, 11) is 0. The smallest absolute Gasteiger partial charge is 0.183 e. The van der Waals surface area contributed by atoms with Gasteiger partial charge in [-0.3, -0.25) is 4.99 Å². The number of rotatable bonds is 4. The fraction of sp³-hybridized carbons (Fsp3) is 0.200. The first-order valence-electron chi connectivity index (χ1n) is 6.93. The molecule has 0 atom stereocenters. The van der Waals surface area contributed by atoms with Crippen LogP contribution in [0.3, 0.4) is 0 Å². The fourth-order valence-corrected chi connectivity index (χ4v) is 4.34. The quantitative estimate of drug-likeness (QED) is 0.902. The molecule has 2 aliphatic rings. The minimum absolute atomic E-state index is 0.584. The van der Waals surface area contributed by atoms with E-state index in [2.05, 4.69) is 49.9 Å². The monoisotopic (exact) mass is 348 g/mol. The highest BCUT2D eigenvalue weighted by Gasteiger charge is 2.26. The number of halogens is 1. The van der Waals surface area contributed by atoms with Crippen LogP contribution in [0.2, 0.25) is 4.47 Å². The van der Waals surface area contributed by atoms with Crippen LogP contribution < -0.4 is 5.32 Å². The molecule has 4 rings (SSSR count). The van der Waals surface area contributed by atoms with Crippen molar-refractivity contribution >= 4 is 51.3 Å². The number of hydrogen-bond donors (Lipinski definition) is 1. The van der Waals surface area contributed by atoms with Gasteiger partial charge in [-0.05, 0) is 17.7 Å². The molecule has 0 spiro atoms. The van der Waals surface area contributed by atoms with Crippen molar-refractivity contribution in [3.63, 3.8) is 0 Å². The minimum atomic E-state index is 0.584. The van der Waals surface area contributed by atoms with Crippen LogP contribution in [0.1, 0.15) is 10.4 Å². The standard InChI is InChI=1S/C15H13ClN4S2/c16-14-19-8-12(22-14)7-18-11-3-1-10(2-4-11)13-9-21-15-17-5-6-20(13)15/h1-4,8-9,18H,5-7H2. The number of aliphatic imine (C=N–C) groups is 1. The summed E-state index contributed by atoms with van der Waals surface area (Å²) in [5, 5.41) is 6.69. The Bertz CT molecular complexity index is 751. The Labute approximate surface area is 141 Å². The zero-order chi connectivity index (χ0) is 14.9. The first-order chi connectivity index (χ1) is 10.8. The Kier molecular flexibility index (Phi) is 3.82. The van der Waals surface area contributed by atoms with E-state index in [1.807, 2.05) is 6.20 Å². The lowest BCUT2D eigenvalue weighted by molar-refractivity contribution is 0.650. The third kappa shape index (κ3) is 2.74. The molecule has 0 saturated heterocycles. The van der Waals surface area contributed by atoms with E-state index in [-0.39, 0.29) is 0 Å². The lowest BCUT2D eigenvalue weighted by Crippen LogP contribution is -2.19. The first kappa shape index (κ1) is 14.1. The van der Waals surface area contributed by atoms with Crippen LogP contribution in [0.4, 0.5) is 5.69 Å². The molecule has 0 radical (unpaired) electrons. The highest BCUT2D eigenvalue weighted by Crippen LogP contribution is 2.35. The van der Waals surface area contributed by atoms with Gasteiger partial charge < -0.3 is 10.2 Å². The molecule has 7 heteroatoms. The molecule has 22 heavy (non-hydrogen) atoms. The second kappa shape index (κ2) is 5.95. The molecule has 2 aromatic rings. The molecule has 0 unspecified atom stereocenters. The van der Waals surface area contributed by atoms with E-state index in [1.54, 1.807) is 11.8 Å². The van der Waals surface area contributed by atoms with Gasteiger partial charge in [-0.25, -0.2) is 4.98 Å². The largest absolute Gasteiger partial charge is 0.380 e. The van der Waals surface area contributed by atoms with Crippen molar-refractivity contribution in [3.8, 4) is 0 Å². The van der Waals surface area contributed by atoms with Crippen LogP contribution in [0.5, 0.6) is 0 Å². The van der Waals surface area contributed by atoms with Crippen molar-refractivity contribution in [2.75, 3.05) is 18.4 Å². The lowest BCUT2D eigenvalue weighted by Gasteiger charge is -2.17.